The highest BCUT2D eigenvalue weighted by molar-refractivity contribution is 7.17. The van der Waals surface area contributed by atoms with Crippen molar-refractivity contribution in [1.29, 1.82) is 0 Å². The molecule has 31 heavy (non-hydrogen) atoms. The minimum atomic E-state index is -0.190. The monoisotopic (exact) mass is 455 g/mol. The number of carbonyl (C=O) groups is 2. The van der Waals surface area contributed by atoms with Crippen molar-refractivity contribution in [3.63, 3.8) is 0 Å². The molecule has 6 nitrogen and oxygen atoms in total. The van der Waals surface area contributed by atoms with Crippen LogP contribution in [-0.2, 0) is 18.3 Å². The fourth-order valence-corrected chi connectivity index (χ4v) is 4.62. The van der Waals surface area contributed by atoms with Gasteiger partial charge in [0.05, 0.1) is 22.6 Å². The van der Waals surface area contributed by atoms with Crippen LogP contribution < -0.4 is 10.1 Å². The van der Waals surface area contributed by atoms with E-state index < -0.39 is 0 Å². The van der Waals surface area contributed by atoms with Crippen molar-refractivity contribution in [3.8, 4) is 16.2 Å². The normalized spacial score (nSPS) is 15.2. The molecule has 0 spiro atoms. The first-order valence-corrected chi connectivity index (χ1v) is 11.1. The third-order valence-electron chi connectivity index (χ3n) is 5.28. The third-order valence-corrected chi connectivity index (χ3v) is 6.80. The van der Waals surface area contributed by atoms with Gasteiger partial charge in [-0.15, -0.1) is 11.3 Å². The zero-order valence-corrected chi connectivity index (χ0v) is 19.0. The first-order valence-electron chi connectivity index (χ1n) is 9.86. The van der Waals surface area contributed by atoms with Crippen LogP contribution in [0.25, 0.3) is 16.5 Å². The lowest BCUT2D eigenvalue weighted by Crippen LogP contribution is -2.33. The summed E-state index contributed by atoms with van der Waals surface area (Å²) in [5.74, 6) is 0.523. The number of benzene rings is 1. The fraction of sp³-hybridized carbons (Fsp3) is 0.261. The van der Waals surface area contributed by atoms with Crippen LogP contribution in [-0.4, -0.2) is 34.1 Å². The number of aromatic nitrogens is 2. The Morgan fingerprint density at radius 2 is 2.19 bits per heavy atom. The molecule has 3 heterocycles. The van der Waals surface area contributed by atoms with Crippen LogP contribution in [0, 0.1) is 6.92 Å². The number of amides is 1. The Kier molecular flexibility index (Phi) is 5.98. The average molecular weight is 456 g/mol. The smallest absolute Gasteiger partial charge is 0.244 e. The van der Waals surface area contributed by atoms with Crippen LogP contribution in [0.15, 0.2) is 36.5 Å². The van der Waals surface area contributed by atoms with E-state index in [0.717, 1.165) is 32.1 Å². The number of carbonyl (C=O) groups excluding carboxylic acids is 2. The van der Waals surface area contributed by atoms with E-state index in [2.05, 4.69) is 10.4 Å². The second kappa shape index (κ2) is 8.69. The molecule has 1 aliphatic rings. The molecule has 0 saturated carbocycles. The molecule has 0 fully saturated rings. The van der Waals surface area contributed by atoms with Crippen molar-refractivity contribution in [2.75, 3.05) is 6.54 Å². The Labute approximate surface area is 189 Å². The van der Waals surface area contributed by atoms with Gasteiger partial charge in [0, 0.05) is 41.2 Å². The fourth-order valence-electron chi connectivity index (χ4n) is 3.44. The molecular formula is C23H22ClN3O3S. The quantitative estimate of drug-likeness (QED) is 0.440. The van der Waals surface area contributed by atoms with Gasteiger partial charge in [0.2, 0.25) is 5.91 Å². The number of rotatable bonds is 6. The number of nitrogens with one attached hydrogen (secondary N) is 1. The van der Waals surface area contributed by atoms with Crippen molar-refractivity contribution in [3.05, 3.63) is 63.3 Å². The lowest BCUT2D eigenvalue weighted by Gasteiger charge is -2.11. The number of Topliss-reactive ketones (excluding diaryl/α,β-unsaturated/α-hetero) is 1. The Bertz CT molecular complexity index is 1190. The molecule has 0 saturated heterocycles. The van der Waals surface area contributed by atoms with Crippen molar-refractivity contribution in [2.45, 2.75) is 26.4 Å². The minimum absolute atomic E-state index is 0.0513. The molecule has 0 bridgehead atoms. The van der Waals surface area contributed by atoms with Gasteiger partial charge in [0.1, 0.15) is 11.9 Å². The van der Waals surface area contributed by atoms with Gasteiger partial charge in [-0.2, -0.15) is 5.10 Å². The summed E-state index contributed by atoms with van der Waals surface area (Å²) in [6.07, 6.45) is 5.44. The number of nitrogens with zero attached hydrogens (tertiary/aromatic N) is 2. The lowest BCUT2D eigenvalue weighted by atomic mass is 10.1. The second-order valence-corrected chi connectivity index (χ2v) is 8.99. The minimum Gasteiger partial charge on any atom is -0.486 e. The van der Waals surface area contributed by atoms with Crippen molar-refractivity contribution < 1.29 is 14.3 Å². The number of thiophene rings is 1. The molecule has 1 N–H and O–H groups in total. The predicted octanol–water partition coefficient (Wildman–Crippen LogP) is 4.45. The topological polar surface area (TPSA) is 73.2 Å². The highest BCUT2D eigenvalue weighted by atomic mass is 35.5. The number of fused-ring (bicyclic) bond motifs is 1. The van der Waals surface area contributed by atoms with E-state index >= 15 is 0 Å². The molecule has 3 aromatic rings. The van der Waals surface area contributed by atoms with Gasteiger partial charge >= 0.3 is 0 Å². The maximum atomic E-state index is 12.2. The Morgan fingerprint density at radius 1 is 1.39 bits per heavy atom. The van der Waals surface area contributed by atoms with E-state index in [-0.39, 0.29) is 17.8 Å². The number of halogens is 1. The molecule has 1 amide bonds. The molecule has 8 heteroatoms. The van der Waals surface area contributed by atoms with Gasteiger partial charge in [0.25, 0.3) is 0 Å². The van der Waals surface area contributed by atoms with Gasteiger partial charge in [0.15, 0.2) is 5.78 Å². The summed E-state index contributed by atoms with van der Waals surface area (Å²) in [6.45, 7) is 3.89. The summed E-state index contributed by atoms with van der Waals surface area (Å²) in [5, 5.41) is 7.57. The van der Waals surface area contributed by atoms with E-state index in [4.69, 9.17) is 16.3 Å². The van der Waals surface area contributed by atoms with E-state index in [9.17, 15) is 9.59 Å². The van der Waals surface area contributed by atoms with Crippen molar-refractivity contribution in [1.82, 2.24) is 15.1 Å². The molecule has 2 aromatic heterocycles. The number of hydrogen-bond donors (Lipinski definition) is 1. The summed E-state index contributed by atoms with van der Waals surface area (Å²) in [4.78, 5) is 25.5. The van der Waals surface area contributed by atoms with Gasteiger partial charge in [-0.05, 0) is 49.8 Å². The number of ketones is 1. The Balaban J connectivity index is 1.39. The maximum Gasteiger partial charge on any atom is 0.244 e. The molecule has 1 aromatic carbocycles. The van der Waals surface area contributed by atoms with E-state index in [0.29, 0.717) is 23.7 Å². The van der Waals surface area contributed by atoms with Crippen molar-refractivity contribution >= 4 is 40.7 Å². The van der Waals surface area contributed by atoms with E-state index in [1.165, 1.54) is 17.4 Å². The first kappa shape index (κ1) is 21.3. The largest absolute Gasteiger partial charge is 0.486 e. The summed E-state index contributed by atoms with van der Waals surface area (Å²) in [6, 6.07) is 7.67. The van der Waals surface area contributed by atoms with Crippen LogP contribution in [0.3, 0.4) is 0 Å². The van der Waals surface area contributed by atoms with Crippen LogP contribution >= 0.6 is 22.9 Å². The van der Waals surface area contributed by atoms with Crippen molar-refractivity contribution in [2.24, 2.45) is 7.05 Å². The highest BCUT2D eigenvalue weighted by Gasteiger charge is 2.26. The van der Waals surface area contributed by atoms with Crippen LogP contribution in [0.5, 0.6) is 5.75 Å². The number of ether oxygens (including phenoxy) is 1. The van der Waals surface area contributed by atoms with Gasteiger partial charge in [-0.1, -0.05) is 11.6 Å². The molecule has 1 unspecified atom stereocenters. The zero-order valence-electron chi connectivity index (χ0n) is 17.4. The predicted molar refractivity (Wildman–Crippen MR) is 123 cm³/mol. The number of aryl methyl sites for hydroxylation is 1. The molecule has 1 aliphatic heterocycles. The summed E-state index contributed by atoms with van der Waals surface area (Å²) < 4.78 is 7.73. The van der Waals surface area contributed by atoms with Gasteiger partial charge < -0.3 is 10.1 Å². The van der Waals surface area contributed by atoms with E-state index in [1.54, 1.807) is 23.9 Å². The highest BCUT2D eigenvalue weighted by Crippen LogP contribution is 2.41. The van der Waals surface area contributed by atoms with Crippen LogP contribution in [0.1, 0.15) is 33.4 Å². The molecule has 0 radical (unpaired) electrons. The summed E-state index contributed by atoms with van der Waals surface area (Å²) in [5.41, 5.74) is 3.86. The molecule has 1 atom stereocenters. The van der Waals surface area contributed by atoms with Gasteiger partial charge in [-0.3, -0.25) is 14.3 Å². The van der Waals surface area contributed by atoms with Crippen LogP contribution in [0.2, 0.25) is 5.02 Å². The zero-order chi connectivity index (χ0) is 22.1. The maximum absolute atomic E-state index is 12.2. The molecular weight excluding hydrogens is 434 g/mol. The summed E-state index contributed by atoms with van der Waals surface area (Å²) >= 11 is 7.91. The van der Waals surface area contributed by atoms with E-state index in [1.807, 2.05) is 38.2 Å². The molecule has 0 aliphatic carbocycles. The first-order chi connectivity index (χ1) is 14.8. The third kappa shape index (κ3) is 4.57. The lowest BCUT2D eigenvalue weighted by molar-refractivity contribution is -0.116. The number of hydrogen-bond acceptors (Lipinski definition) is 5. The molecule has 4 rings (SSSR count). The Hall–Kier alpha value is -2.90. The SMILES string of the molecule is CC(=O)c1ccc(-c2cc(Cl)c3c(c2)CC(CNC(=O)/C=C/c2cnn(C)c2C)O3)s1. The Morgan fingerprint density at radius 3 is 2.87 bits per heavy atom. The van der Waals surface area contributed by atoms with Gasteiger partial charge in [-0.25, -0.2) is 0 Å². The second-order valence-electron chi connectivity index (χ2n) is 7.50. The standard InChI is InChI=1S/C23H22ClN3O3S/c1-13-15(11-26-27(13)3)4-7-22(29)25-12-18-9-17-8-16(10-19(24)23(17)30-18)21-6-5-20(31-21)14(2)28/h4-8,10-11,18H,9,12H2,1-3H3,(H,25,29)/b7-4+. The molecule has 160 valence electrons. The van der Waals surface area contributed by atoms with Crippen LogP contribution in [0.4, 0.5) is 0 Å². The summed E-state index contributed by atoms with van der Waals surface area (Å²) in [7, 11) is 1.86. The average Bonchev–Trinajstić information content (AvgIpc) is 3.45.